The number of rotatable bonds is 31. The van der Waals surface area contributed by atoms with Gasteiger partial charge in [0.25, 0.3) is 0 Å². The van der Waals surface area contributed by atoms with Gasteiger partial charge >= 0.3 is 6.01 Å². The van der Waals surface area contributed by atoms with Gasteiger partial charge in [0.2, 0.25) is 11.9 Å². The maximum atomic E-state index is 6.49. The van der Waals surface area contributed by atoms with E-state index in [9.17, 15) is 0 Å². The third kappa shape index (κ3) is 17.8. The van der Waals surface area contributed by atoms with Gasteiger partial charge in [-0.3, -0.25) is 9.68 Å². The molecule has 0 aromatic carbocycles. The second-order valence-electron chi connectivity index (χ2n) is 21.0. The number of hydrogen-bond donors (Lipinski definition) is 2. The first-order valence-electron chi connectivity index (χ1n) is 24.5. The lowest BCUT2D eigenvalue weighted by atomic mass is 9.73. The molecule has 0 bridgehead atoms. The highest BCUT2D eigenvalue weighted by Gasteiger charge is 2.47. The summed E-state index contributed by atoms with van der Waals surface area (Å²) in [5, 5.41) is 11.6. The largest absolute Gasteiger partial charge is 0.460 e. The van der Waals surface area contributed by atoms with Gasteiger partial charge in [-0.1, -0.05) is 104 Å². The number of hydroxylamine groups is 4. The zero-order valence-electron chi connectivity index (χ0n) is 39.9. The zero-order chi connectivity index (χ0) is 42.8. The summed E-state index contributed by atoms with van der Waals surface area (Å²) in [4.78, 5) is 26.9. The number of nitrogens with one attached hydrogen (secondary N) is 2. The Labute approximate surface area is 361 Å². The van der Waals surface area contributed by atoms with E-state index >= 15 is 0 Å². The summed E-state index contributed by atoms with van der Waals surface area (Å²) in [6, 6.07) is 0.352. The highest BCUT2D eigenvalue weighted by atomic mass is 16.7. The smallest absolute Gasteiger partial charge is 0.323 e. The third-order valence-electron chi connectivity index (χ3n) is 12.8. The van der Waals surface area contributed by atoms with E-state index < -0.39 is 0 Å². The topological polar surface area (TPSA) is 109 Å². The summed E-state index contributed by atoms with van der Waals surface area (Å²) in [5.41, 5.74) is 0.0976. The molecule has 11 heteroatoms. The van der Waals surface area contributed by atoms with Crippen molar-refractivity contribution in [2.75, 3.05) is 50.2 Å². The van der Waals surface area contributed by atoms with Crippen LogP contribution in [-0.4, -0.2) is 92.9 Å². The van der Waals surface area contributed by atoms with Crippen molar-refractivity contribution in [1.29, 1.82) is 0 Å². The lowest BCUT2D eigenvalue weighted by Crippen LogP contribution is -2.60. The minimum absolute atomic E-state index is 0.0244. The number of epoxide rings is 1. The number of ether oxygens (including phenoxy) is 2. The van der Waals surface area contributed by atoms with Crippen molar-refractivity contribution in [2.24, 2.45) is 11.8 Å². The van der Waals surface area contributed by atoms with E-state index in [0.717, 1.165) is 84.3 Å². The molecule has 1 atom stereocenters. The van der Waals surface area contributed by atoms with Crippen molar-refractivity contribution in [3.63, 3.8) is 0 Å². The maximum Gasteiger partial charge on any atom is 0.323 e. The van der Waals surface area contributed by atoms with E-state index in [1.807, 2.05) is 0 Å². The molecular formula is C48H91N7O4. The van der Waals surface area contributed by atoms with Gasteiger partial charge in [-0.25, -0.2) is 0 Å². The number of hydrogen-bond acceptors (Lipinski definition) is 11. The minimum atomic E-state index is 0.0244. The summed E-state index contributed by atoms with van der Waals surface area (Å²) in [6.07, 6.45) is 27.2. The summed E-state index contributed by atoms with van der Waals surface area (Å²) in [5.74, 6) is 2.52. The first-order chi connectivity index (χ1) is 28.1. The van der Waals surface area contributed by atoms with Gasteiger partial charge in [0.1, 0.15) is 12.7 Å². The zero-order valence-corrected chi connectivity index (χ0v) is 39.9. The number of unbranched alkanes of at least 4 members (excludes halogenated alkanes) is 12. The number of aromatic nitrogens is 3. The van der Waals surface area contributed by atoms with Gasteiger partial charge in [-0.05, 0) is 119 Å². The van der Waals surface area contributed by atoms with E-state index in [1.165, 1.54) is 89.9 Å². The summed E-state index contributed by atoms with van der Waals surface area (Å²) in [7, 11) is 0. The van der Waals surface area contributed by atoms with Crippen LogP contribution in [0.3, 0.4) is 0 Å². The molecule has 4 rings (SSSR count). The van der Waals surface area contributed by atoms with Gasteiger partial charge in [-0.15, -0.1) is 0 Å². The molecule has 0 saturated carbocycles. The van der Waals surface area contributed by atoms with Crippen LogP contribution in [0.15, 0.2) is 0 Å². The fourth-order valence-electron chi connectivity index (χ4n) is 10.6. The quantitative estimate of drug-likeness (QED) is 0.0551. The molecule has 0 amide bonds. The first kappa shape index (κ1) is 49.9. The van der Waals surface area contributed by atoms with Crippen LogP contribution < -0.4 is 15.4 Å². The Kier molecular flexibility index (Phi) is 20.9. The van der Waals surface area contributed by atoms with E-state index in [-0.39, 0.29) is 28.3 Å². The van der Waals surface area contributed by atoms with Crippen LogP contribution in [0.25, 0.3) is 0 Å². The van der Waals surface area contributed by atoms with Gasteiger partial charge in [0.15, 0.2) is 0 Å². The van der Waals surface area contributed by atoms with Crippen LogP contribution in [0.2, 0.25) is 0 Å². The van der Waals surface area contributed by atoms with Crippen molar-refractivity contribution in [1.82, 2.24) is 25.1 Å². The Morgan fingerprint density at radius 2 is 0.932 bits per heavy atom. The molecule has 3 aliphatic rings. The van der Waals surface area contributed by atoms with Crippen LogP contribution >= 0.6 is 0 Å². The van der Waals surface area contributed by atoms with Gasteiger partial charge in [0, 0.05) is 35.2 Å². The Bertz CT molecular complexity index is 1180. The van der Waals surface area contributed by atoms with E-state index in [4.69, 9.17) is 24.1 Å². The molecule has 1 unspecified atom stereocenters. The van der Waals surface area contributed by atoms with Crippen molar-refractivity contribution < 1.29 is 19.1 Å². The molecule has 0 radical (unpaired) electrons. The van der Waals surface area contributed by atoms with Gasteiger partial charge < -0.3 is 20.1 Å². The highest BCUT2D eigenvalue weighted by Crippen LogP contribution is 2.44. The summed E-state index contributed by atoms with van der Waals surface area (Å²) in [6.45, 7) is 28.0. The van der Waals surface area contributed by atoms with Crippen LogP contribution in [-0.2, 0) is 14.4 Å². The van der Waals surface area contributed by atoms with Gasteiger partial charge in [0.05, 0.1) is 19.8 Å². The molecule has 1 aromatic rings. The Morgan fingerprint density at radius 1 is 0.542 bits per heavy atom. The van der Waals surface area contributed by atoms with Crippen LogP contribution in [0.1, 0.15) is 210 Å². The van der Waals surface area contributed by atoms with Crippen LogP contribution in [0, 0.1) is 11.8 Å². The second-order valence-corrected chi connectivity index (χ2v) is 21.0. The fraction of sp³-hybridized carbons (Fsp3) is 0.938. The molecule has 59 heavy (non-hydrogen) atoms. The Morgan fingerprint density at radius 3 is 1.32 bits per heavy atom. The van der Waals surface area contributed by atoms with Crippen molar-refractivity contribution in [2.45, 2.75) is 239 Å². The molecule has 2 N–H and O–H groups in total. The van der Waals surface area contributed by atoms with Gasteiger partial charge in [-0.2, -0.15) is 25.1 Å². The average molecular weight is 830 g/mol. The predicted molar refractivity (Wildman–Crippen MR) is 244 cm³/mol. The van der Waals surface area contributed by atoms with Crippen molar-refractivity contribution in [3.05, 3.63) is 0 Å². The molecule has 1 aromatic heterocycles. The molecular weight excluding hydrogens is 739 g/mol. The average Bonchev–Trinajstić information content (AvgIpc) is 3.99. The molecule has 342 valence electrons. The van der Waals surface area contributed by atoms with E-state index in [1.54, 1.807) is 0 Å². The molecule has 4 heterocycles. The predicted octanol–water partition coefficient (Wildman–Crippen LogP) is 11.9. The monoisotopic (exact) mass is 830 g/mol. The minimum Gasteiger partial charge on any atom is -0.460 e. The molecule has 3 saturated heterocycles. The molecule has 3 fully saturated rings. The van der Waals surface area contributed by atoms with Crippen LogP contribution in [0.4, 0.5) is 11.9 Å². The second kappa shape index (κ2) is 24.7. The normalized spacial score (nSPS) is 21.8. The van der Waals surface area contributed by atoms with E-state index in [2.05, 4.69) is 100.0 Å². The summed E-state index contributed by atoms with van der Waals surface area (Å²) >= 11 is 0. The molecule has 0 spiro atoms. The fourth-order valence-corrected chi connectivity index (χ4v) is 10.6. The lowest BCUT2D eigenvalue weighted by Gasteiger charge is -2.54. The SMILES string of the molecule is CCCCCCCCON1C(C)(C)CC(CCCCNc2nc(NCCCCC3CC(C)(C)N(OCCCCCCCC)C(C)(C)C3)nc(OCC3CO3)n2)CC1(C)C. The van der Waals surface area contributed by atoms with Crippen molar-refractivity contribution >= 4 is 11.9 Å². The molecule has 11 nitrogen and oxygen atoms in total. The van der Waals surface area contributed by atoms with Crippen LogP contribution in [0.5, 0.6) is 6.01 Å². The maximum absolute atomic E-state index is 6.49. The number of nitrogens with zero attached hydrogens (tertiary/aromatic N) is 5. The lowest BCUT2D eigenvalue weighted by molar-refractivity contribution is -0.288. The van der Waals surface area contributed by atoms with E-state index in [0.29, 0.717) is 36.3 Å². The van der Waals surface area contributed by atoms with Crippen molar-refractivity contribution in [3.8, 4) is 6.01 Å². The Balaban J connectivity index is 1.16. The highest BCUT2D eigenvalue weighted by molar-refractivity contribution is 5.35. The first-order valence-corrected chi connectivity index (χ1v) is 24.5. The number of piperidine rings is 2. The molecule has 3 aliphatic heterocycles. The molecule has 0 aliphatic carbocycles. The Hall–Kier alpha value is -1.79. The standard InChI is InChI=1S/C48H91N7O4/c1-11-13-15-17-19-25-31-58-54-45(3,4)33-39(34-46(54,5)6)27-21-23-29-49-42-51-43(53-44(52-42)57-38-41-37-56-41)50-30-24-22-28-40-35-47(7,8)55(48(9,10)36-40)59-32-26-20-18-16-14-12-2/h39-41H,11-38H2,1-10H3,(H2,49,50,51,52,53). The third-order valence-corrected chi connectivity index (χ3v) is 12.8. The summed E-state index contributed by atoms with van der Waals surface area (Å²) < 4.78 is 11.3. The number of anilines is 2.